The number of aromatic nitrogens is 2. The SMILES string of the molecule is CCC(C)n1nccc1NC(=O)c1cc(C)sc1C. The van der Waals surface area contributed by atoms with Gasteiger partial charge in [-0.3, -0.25) is 4.79 Å². The Bertz CT molecular complexity index is 585. The standard InChI is InChI=1S/C14H19N3OS/c1-5-9(2)17-13(6-7-15-17)16-14(18)12-8-10(3)19-11(12)4/h6-9H,5H2,1-4H3,(H,16,18). The first kappa shape index (κ1) is 13.8. The van der Waals surface area contributed by atoms with E-state index in [2.05, 4.69) is 24.3 Å². The number of nitrogens with one attached hydrogen (secondary N) is 1. The van der Waals surface area contributed by atoms with Gasteiger partial charge in [-0.15, -0.1) is 11.3 Å². The van der Waals surface area contributed by atoms with Crippen LogP contribution in [0.1, 0.15) is 46.4 Å². The van der Waals surface area contributed by atoms with Crippen molar-refractivity contribution in [3.05, 3.63) is 33.6 Å². The molecule has 19 heavy (non-hydrogen) atoms. The molecule has 0 aliphatic heterocycles. The smallest absolute Gasteiger partial charge is 0.257 e. The van der Waals surface area contributed by atoms with Crippen LogP contribution in [0.15, 0.2) is 18.3 Å². The first-order valence-electron chi connectivity index (χ1n) is 6.44. The van der Waals surface area contributed by atoms with Gasteiger partial charge in [-0.2, -0.15) is 5.10 Å². The van der Waals surface area contributed by atoms with Gasteiger partial charge < -0.3 is 5.32 Å². The van der Waals surface area contributed by atoms with E-state index in [1.54, 1.807) is 17.5 Å². The van der Waals surface area contributed by atoms with Crippen LogP contribution in [-0.2, 0) is 0 Å². The predicted octanol–water partition coefficient (Wildman–Crippen LogP) is 3.78. The molecule has 102 valence electrons. The van der Waals surface area contributed by atoms with Crippen molar-refractivity contribution in [3.8, 4) is 0 Å². The minimum Gasteiger partial charge on any atom is -0.307 e. The molecule has 0 fully saturated rings. The van der Waals surface area contributed by atoms with Gasteiger partial charge in [0.25, 0.3) is 5.91 Å². The predicted molar refractivity (Wildman–Crippen MR) is 79.0 cm³/mol. The molecule has 0 aromatic carbocycles. The fraction of sp³-hybridized carbons (Fsp3) is 0.429. The summed E-state index contributed by atoms with van der Waals surface area (Å²) in [6.07, 6.45) is 2.69. The van der Waals surface area contributed by atoms with E-state index < -0.39 is 0 Å². The fourth-order valence-electron chi connectivity index (χ4n) is 1.98. The molecule has 2 aromatic heterocycles. The summed E-state index contributed by atoms with van der Waals surface area (Å²) in [5, 5.41) is 7.21. The molecule has 1 amide bonds. The Kier molecular flexibility index (Phi) is 4.04. The molecule has 5 heteroatoms. The molecule has 0 aliphatic carbocycles. The number of hydrogen-bond acceptors (Lipinski definition) is 3. The number of amides is 1. The van der Waals surface area contributed by atoms with Crippen molar-refractivity contribution in [2.75, 3.05) is 5.32 Å². The lowest BCUT2D eigenvalue weighted by Crippen LogP contribution is -2.17. The Morgan fingerprint density at radius 1 is 1.53 bits per heavy atom. The van der Waals surface area contributed by atoms with E-state index >= 15 is 0 Å². The highest BCUT2D eigenvalue weighted by Crippen LogP contribution is 2.22. The second-order valence-electron chi connectivity index (χ2n) is 4.70. The largest absolute Gasteiger partial charge is 0.307 e. The maximum atomic E-state index is 12.3. The maximum absolute atomic E-state index is 12.3. The zero-order valence-electron chi connectivity index (χ0n) is 11.7. The molecule has 1 unspecified atom stereocenters. The second kappa shape index (κ2) is 5.57. The number of thiophene rings is 1. The lowest BCUT2D eigenvalue weighted by molar-refractivity contribution is 0.102. The van der Waals surface area contributed by atoms with Crippen LogP contribution < -0.4 is 5.32 Å². The van der Waals surface area contributed by atoms with Crippen LogP contribution >= 0.6 is 11.3 Å². The van der Waals surface area contributed by atoms with Gasteiger partial charge in [-0.05, 0) is 33.3 Å². The Labute approximate surface area is 117 Å². The van der Waals surface area contributed by atoms with Gasteiger partial charge in [0.15, 0.2) is 0 Å². The van der Waals surface area contributed by atoms with E-state index in [-0.39, 0.29) is 11.9 Å². The number of anilines is 1. The van der Waals surface area contributed by atoms with Crippen LogP contribution in [0, 0.1) is 13.8 Å². The van der Waals surface area contributed by atoms with Gasteiger partial charge in [0.05, 0.1) is 17.8 Å². The van der Waals surface area contributed by atoms with Crippen molar-refractivity contribution in [2.45, 2.75) is 40.2 Å². The normalized spacial score (nSPS) is 12.4. The Morgan fingerprint density at radius 3 is 2.84 bits per heavy atom. The van der Waals surface area contributed by atoms with E-state index in [1.165, 1.54) is 0 Å². The number of aryl methyl sites for hydroxylation is 2. The van der Waals surface area contributed by atoms with Crippen molar-refractivity contribution in [1.82, 2.24) is 9.78 Å². The molecule has 0 radical (unpaired) electrons. The number of carbonyl (C=O) groups is 1. The first-order chi connectivity index (χ1) is 9.02. The van der Waals surface area contributed by atoms with E-state index in [0.29, 0.717) is 0 Å². The lowest BCUT2D eigenvalue weighted by Gasteiger charge is -2.14. The minimum atomic E-state index is -0.0631. The van der Waals surface area contributed by atoms with Crippen LogP contribution in [0.4, 0.5) is 5.82 Å². The van der Waals surface area contributed by atoms with Crippen LogP contribution in [0.5, 0.6) is 0 Å². The molecular weight excluding hydrogens is 258 g/mol. The summed E-state index contributed by atoms with van der Waals surface area (Å²) in [7, 11) is 0. The van der Waals surface area contributed by atoms with Crippen LogP contribution in [-0.4, -0.2) is 15.7 Å². The fourth-order valence-corrected chi connectivity index (χ4v) is 2.90. The van der Waals surface area contributed by atoms with Gasteiger partial charge in [0.1, 0.15) is 5.82 Å². The van der Waals surface area contributed by atoms with E-state index in [0.717, 1.165) is 27.6 Å². The summed E-state index contributed by atoms with van der Waals surface area (Å²) < 4.78 is 1.85. The van der Waals surface area contributed by atoms with Gasteiger partial charge in [-0.1, -0.05) is 6.92 Å². The zero-order valence-corrected chi connectivity index (χ0v) is 12.5. The molecular formula is C14H19N3OS. The van der Waals surface area contributed by atoms with Crippen LogP contribution in [0.25, 0.3) is 0 Å². The molecule has 1 atom stereocenters. The Balaban J connectivity index is 2.20. The third-order valence-corrected chi connectivity index (χ3v) is 4.17. The van der Waals surface area contributed by atoms with E-state index in [1.807, 2.05) is 30.7 Å². The average Bonchev–Trinajstić information content (AvgIpc) is 2.95. The summed E-state index contributed by atoms with van der Waals surface area (Å²) in [5.41, 5.74) is 0.749. The summed E-state index contributed by atoms with van der Waals surface area (Å²) in [6.45, 7) is 8.17. The van der Waals surface area contributed by atoms with E-state index in [9.17, 15) is 4.79 Å². The topological polar surface area (TPSA) is 46.9 Å². The first-order valence-corrected chi connectivity index (χ1v) is 7.26. The number of hydrogen-bond donors (Lipinski definition) is 1. The number of rotatable bonds is 4. The minimum absolute atomic E-state index is 0.0631. The molecule has 0 aliphatic rings. The molecule has 2 aromatic rings. The van der Waals surface area contributed by atoms with Gasteiger partial charge in [-0.25, -0.2) is 4.68 Å². The van der Waals surface area contributed by atoms with Crippen LogP contribution in [0.2, 0.25) is 0 Å². The molecule has 2 rings (SSSR count). The zero-order chi connectivity index (χ0) is 14.0. The summed E-state index contributed by atoms with van der Waals surface area (Å²) in [5.74, 6) is 0.689. The second-order valence-corrected chi connectivity index (χ2v) is 6.16. The summed E-state index contributed by atoms with van der Waals surface area (Å²) >= 11 is 1.64. The summed E-state index contributed by atoms with van der Waals surface area (Å²) in [4.78, 5) is 14.5. The molecule has 4 nitrogen and oxygen atoms in total. The van der Waals surface area contributed by atoms with Crippen molar-refractivity contribution in [1.29, 1.82) is 0 Å². The van der Waals surface area contributed by atoms with Gasteiger partial charge in [0.2, 0.25) is 0 Å². The highest BCUT2D eigenvalue weighted by molar-refractivity contribution is 7.12. The van der Waals surface area contributed by atoms with Crippen molar-refractivity contribution in [3.63, 3.8) is 0 Å². The maximum Gasteiger partial charge on any atom is 0.257 e. The van der Waals surface area contributed by atoms with Crippen molar-refractivity contribution < 1.29 is 4.79 Å². The number of carbonyl (C=O) groups excluding carboxylic acids is 1. The summed E-state index contributed by atoms with van der Waals surface area (Å²) in [6, 6.07) is 4.04. The highest BCUT2D eigenvalue weighted by atomic mass is 32.1. The Hall–Kier alpha value is -1.62. The number of nitrogens with zero attached hydrogens (tertiary/aromatic N) is 2. The molecule has 0 saturated carbocycles. The monoisotopic (exact) mass is 277 g/mol. The molecule has 1 N–H and O–H groups in total. The Morgan fingerprint density at radius 2 is 2.26 bits per heavy atom. The van der Waals surface area contributed by atoms with Crippen molar-refractivity contribution in [2.24, 2.45) is 0 Å². The van der Waals surface area contributed by atoms with Gasteiger partial charge in [0, 0.05) is 15.8 Å². The van der Waals surface area contributed by atoms with Crippen molar-refractivity contribution >= 4 is 23.1 Å². The quantitative estimate of drug-likeness (QED) is 0.924. The third-order valence-electron chi connectivity index (χ3n) is 3.21. The molecule has 0 bridgehead atoms. The third kappa shape index (κ3) is 2.87. The molecule has 2 heterocycles. The lowest BCUT2D eigenvalue weighted by atomic mass is 10.2. The molecule has 0 saturated heterocycles. The average molecular weight is 277 g/mol. The van der Waals surface area contributed by atoms with Crippen LogP contribution in [0.3, 0.4) is 0 Å². The highest BCUT2D eigenvalue weighted by Gasteiger charge is 2.15. The van der Waals surface area contributed by atoms with E-state index in [4.69, 9.17) is 0 Å². The van der Waals surface area contributed by atoms with Gasteiger partial charge >= 0.3 is 0 Å². The molecule has 0 spiro atoms.